The smallest absolute Gasteiger partial charge is 0.417 e. The maximum absolute atomic E-state index is 13.4. The molecule has 0 aliphatic rings. The molecule has 0 amide bonds. The lowest BCUT2D eigenvalue weighted by molar-refractivity contribution is -0.384. The minimum atomic E-state index is -4.99. The van der Waals surface area contributed by atoms with Gasteiger partial charge in [-0.3, -0.25) is 14.8 Å². The molecule has 0 saturated carbocycles. The molecular formula is C20H9Cl3F3N3O5S2. The number of fused-ring (bicyclic) bond motifs is 1. The molecule has 3 aromatic carbocycles. The first-order valence-corrected chi connectivity index (χ1v) is 12.8. The molecule has 188 valence electrons. The van der Waals surface area contributed by atoms with Gasteiger partial charge in [-0.15, -0.1) is 0 Å². The maximum atomic E-state index is 13.4. The molecule has 1 aromatic heterocycles. The molecule has 4 rings (SSSR count). The Morgan fingerprint density at radius 3 is 2.31 bits per heavy atom. The van der Waals surface area contributed by atoms with E-state index in [4.69, 9.17) is 39.5 Å². The van der Waals surface area contributed by atoms with Gasteiger partial charge in [0.25, 0.3) is 20.9 Å². The van der Waals surface area contributed by atoms with Crippen LogP contribution in [0.25, 0.3) is 10.2 Å². The van der Waals surface area contributed by atoms with Crippen LogP contribution in [0.2, 0.25) is 15.1 Å². The number of rotatable bonds is 6. The number of hydrogen-bond donors (Lipinski definition) is 1. The van der Waals surface area contributed by atoms with Crippen molar-refractivity contribution in [1.82, 2.24) is 4.98 Å². The Bertz CT molecular complexity index is 1610. The molecule has 0 atom stereocenters. The summed E-state index contributed by atoms with van der Waals surface area (Å²) in [4.78, 5) is 13.5. The van der Waals surface area contributed by atoms with Crippen molar-refractivity contribution >= 4 is 77.8 Å². The van der Waals surface area contributed by atoms with Crippen LogP contribution in [0.1, 0.15) is 5.56 Å². The van der Waals surface area contributed by atoms with Gasteiger partial charge in [-0.1, -0.05) is 46.1 Å². The van der Waals surface area contributed by atoms with Crippen LogP contribution in [0.4, 0.5) is 24.5 Å². The Morgan fingerprint density at radius 2 is 1.69 bits per heavy atom. The number of nitrogens with one attached hydrogen (secondary N) is 1. The molecule has 16 heteroatoms. The average Bonchev–Trinajstić information content (AvgIpc) is 3.17. The van der Waals surface area contributed by atoms with Crippen molar-refractivity contribution in [2.24, 2.45) is 0 Å². The fourth-order valence-electron chi connectivity index (χ4n) is 3.02. The standard InChI is InChI=1S/C20H9Cl3F3N3O5S2/c21-9-1-4-17(12(5-9)20(24,25)26)36(32,33)28-10-6-13(22)18(14(23)7-10)34-19-27-15-8-11(29(30)31)2-3-16(15)35-19/h1-8,28H. The van der Waals surface area contributed by atoms with Crippen LogP contribution in [0.5, 0.6) is 10.9 Å². The molecule has 1 heterocycles. The van der Waals surface area contributed by atoms with Crippen LogP contribution in [-0.4, -0.2) is 18.3 Å². The van der Waals surface area contributed by atoms with Crippen LogP contribution in [0.15, 0.2) is 53.4 Å². The number of non-ortho nitro benzene ring substituents is 1. The highest BCUT2D eigenvalue weighted by molar-refractivity contribution is 7.92. The Morgan fingerprint density at radius 1 is 1.03 bits per heavy atom. The second-order valence-electron chi connectivity index (χ2n) is 7.00. The summed E-state index contributed by atoms with van der Waals surface area (Å²) in [5.41, 5.74) is -1.55. The number of thiazole rings is 1. The first-order valence-electron chi connectivity index (χ1n) is 9.36. The fourth-order valence-corrected chi connectivity index (χ4v) is 5.81. The van der Waals surface area contributed by atoms with Crippen molar-refractivity contribution in [3.63, 3.8) is 0 Å². The van der Waals surface area contributed by atoms with Gasteiger partial charge in [0.1, 0.15) is 0 Å². The molecule has 0 bridgehead atoms. The van der Waals surface area contributed by atoms with E-state index in [1.807, 2.05) is 4.72 Å². The SMILES string of the molecule is O=[N+]([O-])c1ccc2sc(Oc3c(Cl)cc(NS(=O)(=O)c4ccc(Cl)cc4C(F)(F)F)cc3Cl)nc2c1. The number of nitro benzene ring substituents is 1. The van der Waals surface area contributed by atoms with Gasteiger partial charge in [0.05, 0.1) is 41.3 Å². The van der Waals surface area contributed by atoms with E-state index in [2.05, 4.69) is 4.98 Å². The van der Waals surface area contributed by atoms with E-state index < -0.39 is 31.6 Å². The van der Waals surface area contributed by atoms with Crippen molar-refractivity contribution in [2.45, 2.75) is 11.1 Å². The number of nitro groups is 1. The van der Waals surface area contributed by atoms with Gasteiger partial charge < -0.3 is 4.74 Å². The second-order valence-corrected chi connectivity index (χ2v) is 10.9. The summed E-state index contributed by atoms with van der Waals surface area (Å²) in [5.74, 6) is -0.114. The molecule has 4 aromatic rings. The summed E-state index contributed by atoms with van der Waals surface area (Å²) >= 11 is 19.0. The van der Waals surface area contributed by atoms with Crippen molar-refractivity contribution in [3.8, 4) is 10.9 Å². The highest BCUT2D eigenvalue weighted by Gasteiger charge is 2.37. The van der Waals surface area contributed by atoms with Crippen LogP contribution >= 0.6 is 46.1 Å². The number of benzene rings is 3. The predicted octanol–water partition coefficient (Wildman–Crippen LogP) is 7.78. The minimum Gasteiger partial charge on any atom is -0.428 e. The van der Waals surface area contributed by atoms with E-state index in [0.717, 1.165) is 35.6 Å². The number of aromatic nitrogens is 1. The molecule has 0 spiro atoms. The average molecular weight is 599 g/mol. The topological polar surface area (TPSA) is 111 Å². The molecule has 0 saturated heterocycles. The predicted molar refractivity (Wildman–Crippen MR) is 130 cm³/mol. The summed E-state index contributed by atoms with van der Waals surface area (Å²) in [5, 5.41) is 10.3. The van der Waals surface area contributed by atoms with Crippen LogP contribution < -0.4 is 9.46 Å². The maximum Gasteiger partial charge on any atom is 0.417 e. The van der Waals surface area contributed by atoms with Crippen molar-refractivity contribution in [1.29, 1.82) is 0 Å². The minimum absolute atomic E-state index is 0.0404. The third-order valence-electron chi connectivity index (χ3n) is 4.54. The van der Waals surface area contributed by atoms with Gasteiger partial charge >= 0.3 is 6.18 Å². The normalized spacial score (nSPS) is 12.1. The monoisotopic (exact) mass is 597 g/mol. The number of halogens is 6. The first-order chi connectivity index (χ1) is 16.7. The van der Waals surface area contributed by atoms with Gasteiger partial charge in [-0.25, -0.2) is 13.4 Å². The molecule has 0 aliphatic carbocycles. The number of alkyl halides is 3. The summed E-state index contributed by atoms with van der Waals surface area (Å²) in [7, 11) is -4.73. The first kappa shape index (κ1) is 26.2. The lowest BCUT2D eigenvalue weighted by Crippen LogP contribution is -2.19. The zero-order chi connectivity index (χ0) is 26.4. The quantitative estimate of drug-likeness (QED) is 0.179. The zero-order valence-electron chi connectivity index (χ0n) is 17.1. The number of ether oxygens (including phenoxy) is 1. The van der Waals surface area contributed by atoms with E-state index in [0.29, 0.717) is 16.3 Å². The van der Waals surface area contributed by atoms with Gasteiger partial charge in [0.15, 0.2) is 5.75 Å². The van der Waals surface area contributed by atoms with Gasteiger partial charge in [-0.05, 0) is 36.4 Å². The molecule has 0 unspecified atom stereocenters. The van der Waals surface area contributed by atoms with E-state index in [1.165, 1.54) is 18.2 Å². The lowest BCUT2D eigenvalue weighted by atomic mass is 10.2. The summed E-state index contributed by atoms with van der Waals surface area (Å²) in [6.45, 7) is 0. The van der Waals surface area contributed by atoms with E-state index >= 15 is 0 Å². The largest absolute Gasteiger partial charge is 0.428 e. The molecule has 0 fully saturated rings. The summed E-state index contributed by atoms with van der Waals surface area (Å²) in [6, 6.07) is 8.45. The van der Waals surface area contributed by atoms with Gasteiger partial charge in [0, 0.05) is 17.2 Å². The molecule has 0 aliphatic heterocycles. The van der Waals surface area contributed by atoms with E-state index in [-0.39, 0.29) is 37.4 Å². The summed E-state index contributed by atoms with van der Waals surface area (Å²) < 4.78 is 73.8. The van der Waals surface area contributed by atoms with Crippen molar-refractivity contribution in [2.75, 3.05) is 4.72 Å². The van der Waals surface area contributed by atoms with Crippen LogP contribution in [0, 0.1) is 10.1 Å². The number of nitrogens with zero attached hydrogens (tertiary/aromatic N) is 2. The van der Waals surface area contributed by atoms with Crippen molar-refractivity contribution in [3.05, 3.63) is 79.3 Å². The Kier molecular flexibility index (Phi) is 6.96. The third kappa shape index (κ3) is 5.44. The molecule has 36 heavy (non-hydrogen) atoms. The lowest BCUT2D eigenvalue weighted by Gasteiger charge is -2.16. The Hall–Kier alpha value is -2.84. The van der Waals surface area contributed by atoms with E-state index in [9.17, 15) is 31.7 Å². The van der Waals surface area contributed by atoms with Crippen LogP contribution in [-0.2, 0) is 16.2 Å². The number of anilines is 1. The number of sulfonamides is 1. The zero-order valence-corrected chi connectivity index (χ0v) is 21.0. The third-order valence-corrected chi connectivity index (χ3v) is 7.69. The molecule has 1 N–H and O–H groups in total. The van der Waals surface area contributed by atoms with Gasteiger partial charge in [-0.2, -0.15) is 13.2 Å². The molecule has 0 radical (unpaired) electrons. The second kappa shape index (κ2) is 9.56. The van der Waals surface area contributed by atoms with Crippen molar-refractivity contribution < 1.29 is 31.2 Å². The van der Waals surface area contributed by atoms with E-state index in [1.54, 1.807) is 0 Å². The fraction of sp³-hybridized carbons (Fsp3) is 0.0500. The van der Waals surface area contributed by atoms with Crippen LogP contribution in [0.3, 0.4) is 0 Å². The van der Waals surface area contributed by atoms with Gasteiger partial charge in [0.2, 0.25) is 0 Å². The summed E-state index contributed by atoms with van der Waals surface area (Å²) in [6.07, 6.45) is -4.99. The molecular weight excluding hydrogens is 590 g/mol. The highest BCUT2D eigenvalue weighted by atomic mass is 35.5. The Balaban J connectivity index is 1.63. The molecule has 8 nitrogen and oxygen atoms in total. The highest BCUT2D eigenvalue weighted by Crippen LogP contribution is 2.42. The number of hydrogen-bond acceptors (Lipinski definition) is 7. The Labute approximate surface area is 219 Å².